The first-order valence-electron chi connectivity index (χ1n) is 8.46. The summed E-state index contributed by atoms with van der Waals surface area (Å²) in [6.07, 6.45) is 1.18. The first kappa shape index (κ1) is 19.6. The lowest BCUT2D eigenvalue weighted by Gasteiger charge is -2.17. The number of likely N-dealkylation sites (N-methyl/N-ethyl adjacent to an activating group) is 1. The lowest BCUT2D eigenvalue weighted by atomic mass is 10.1. The fourth-order valence-electron chi connectivity index (χ4n) is 2.58. The van der Waals surface area contributed by atoms with Crippen molar-refractivity contribution in [1.82, 2.24) is 4.90 Å². The summed E-state index contributed by atoms with van der Waals surface area (Å²) < 4.78 is 26.1. The van der Waals surface area contributed by atoms with Gasteiger partial charge in [-0.2, -0.15) is 0 Å². The minimum atomic E-state index is -0.933. The highest BCUT2D eigenvalue weighted by molar-refractivity contribution is 5.95. The maximum Gasteiger partial charge on any atom is 0.243 e. The number of halogens is 2. The van der Waals surface area contributed by atoms with Gasteiger partial charge in [0.25, 0.3) is 0 Å². The van der Waals surface area contributed by atoms with Gasteiger partial charge in [0.15, 0.2) is 11.6 Å². The molecule has 0 bridgehead atoms. The van der Waals surface area contributed by atoms with Crippen LogP contribution in [0.4, 0.5) is 14.5 Å². The van der Waals surface area contributed by atoms with E-state index < -0.39 is 11.6 Å². The van der Waals surface area contributed by atoms with E-state index in [-0.39, 0.29) is 31.2 Å². The van der Waals surface area contributed by atoms with Gasteiger partial charge >= 0.3 is 0 Å². The fourth-order valence-corrected chi connectivity index (χ4v) is 2.58. The highest BCUT2D eigenvalue weighted by Gasteiger charge is 2.14. The van der Waals surface area contributed by atoms with Crippen LogP contribution in [0.2, 0.25) is 0 Å². The van der Waals surface area contributed by atoms with E-state index in [1.54, 1.807) is 7.05 Å². The van der Waals surface area contributed by atoms with E-state index in [2.05, 4.69) is 5.32 Å². The molecule has 138 valence electrons. The number of para-hydroxylation sites is 1. The molecule has 0 atom stereocenters. The number of anilines is 1. The number of amides is 2. The SMILES string of the molecule is CCc1ccccc1NC(=O)CN(C)C(=O)CCc1ccc(F)c(F)c1. The van der Waals surface area contributed by atoms with Crippen molar-refractivity contribution in [1.29, 1.82) is 0 Å². The molecule has 0 unspecified atom stereocenters. The quantitative estimate of drug-likeness (QED) is 0.821. The number of aryl methyl sites for hydroxylation is 2. The van der Waals surface area contributed by atoms with E-state index in [9.17, 15) is 18.4 Å². The van der Waals surface area contributed by atoms with Crippen LogP contribution in [0.15, 0.2) is 42.5 Å². The molecule has 26 heavy (non-hydrogen) atoms. The summed E-state index contributed by atoms with van der Waals surface area (Å²) in [6, 6.07) is 11.1. The summed E-state index contributed by atoms with van der Waals surface area (Å²) >= 11 is 0. The number of carbonyl (C=O) groups excluding carboxylic acids is 2. The van der Waals surface area contributed by atoms with Crippen molar-refractivity contribution >= 4 is 17.5 Å². The number of nitrogens with zero attached hydrogens (tertiary/aromatic N) is 1. The number of carbonyl (C=O) groups is 2. The Kier molecular flexibility index (Phi) is 6.83. The molecule has 6 heteroatoms. The predicted octanol–water partition coefficient (Wildman–Crippen LogP) is 3.56. The van der Waals surface area contributed by atoms with Crippen molar-refractivity contribution < 1.29 is 18.4 Å². The molecule has 0 aliphatic heterocycles. The lowest BCUT2D eigenvalue weighted by molar-refractivity contribution is -0.133. The maximum absolute atomic E-state index is 13.2. The van der Waals surface area contributed by atoms with E-state index in [1.807, 2.05) is 31.2 Å². The molecular weight excluding hydrogens is 338 g/mol. The number of rotatable bonds is 7. The summed E-state index contributed by atoms with van der Waals surface area (Å²) in [5.41, 5.74) is 2.29. The molecule has 2 aromatic rings. The van der Waals surface area contributed by atoms with Crippen molar-refractivity contribution in [3.05, 3.63) is 65.2 Å². The molecule has 0 saturated carbocycles. The Morgan fingerprint density at radius 1 is 1.08 bits per heavy atom. The molecule has 4 nitrogen and oxygen atoms in total. The second-order valence-corrected chi connectivity index (χ2v) is 6.06. The Hall–Kier alpha value is -2.76. The minimum Gasteiger partial charge on any atom is -0.336 e. The maximum atomic E-state index is 13.2. The van der Waals surface area contributed by atoms with Crippen LogP contribution in [-0.2, 0) is 22.4 Å². The predicted molar refractivity (Wildman–Crippen MR) is 96.8 cm³/mol. The van der Waals surface area contributed by atoms with E-state index in [0.29, 0.717) is 5.56 Å². The highest BCUT2D eigenvalue weighted by atomic mass is 19.2. The fraction of sp³-hybridized carbons (Fsp3) is 0.300. The van der Waals surface area contributed by atoms with E-state index >= 15 is 0 Å². The summed E-state index contributed by atoms with van der Waals surface area (Å²) in [4.78, 5) is 25.6. The Morgan fingerprint density at radius 2 is 1.81 bits per heavy atom. The van der Waals surface area contributed by atoms with Crippen LogP contribution in [0.5, 0.6) is 0 Å². The van der Waals surface area contributed by atoms with Gasteiger partial charge < -0.3 is 10.2 Å². The molecule has 0 aromatic heterocycles. The van der Waals surface area contributed by atoms with Crippen molar-refractivity contribution in [2.45, 2.75) is 26.2 Å². The van der Waals surface area contributed by atoms with Crippen molar-refractivity contribution in [3.63, 3.8) is 0 Å². The molecular formula is C20H22F2N2O2. The Bertz CT molecular complexity index is 793. The topological polar surface area (TPSA) is 49.4 Å². The summed E-state index contributed by atoms with van der Waals surface area (Å²) in [5.74, 6) is -2.37. The first-order valence-corrected chi connectivity index (χ1v) is 8.46. The molecule has 0 radical (unpaired) electrons. The van der Waals surface area contributed by atoms with Crippen LogP contribution in [0.3, 0.4) is 0 Å². The summed E-state index contributed by atoms with van der Waals surface area (Å²) in [7, 11) is 1.54. The number of hydrogen-bond donors (Lipinski definition) is 1. The van der Waals surface area contributed by atoms with Crippen LogP contribution in [0.25, 0.3) is 0 Å². The van der Waals surface area contributed by atoms with Crippen LogP contribution in [0.1, 0.15) is 24.5 Å². The van der Waals surface area contributed by atoms with Gasteiger partial charge in [0.05, 0.1) is 6.54 Å². The molecule has 0 aliphatic rings. The lowest BCUT2D eigenvalue weighted by Crippen LogP contribution is -2.35. The molecule has 0 heterocycles. The average molecular weight is 360 g/mol. The van der Waals surface area contributed by atoms with Crippen LogP contribution in [0, 0.1) is 11.6 Å². The normalized spacial score (nSPS) is 10.5. The number of benzene rings is 2. The molecule has 0 spiro atoms. The number of hydrogen-bond acceptors (Lipinski definition) is 2. The Balaban J connectivity index is 1.85. The van der Waals surface area contributed by atoms with Crippen molar-refractivity contribution in [2.24, 2.45) is 0 Å². The third-order valence-electron chi connectivity index (χ3n) is 4.09. The van der Waals surface area contributed by atoms with Gasteiger partial charge in [-0.15, -0.1) is 0 Å². The first-order chi connectivity index (χ1) is 12.4. The smallest absolute Gasteiger partial charge is 0.243 e. The van der Waals surface area contributed by atoms with Crippen LogP contribution < -0.4 is 5.32 Å². The zero-order valence-electron chi connectivity index (χ0n) is 14.9. The third-order valence-corrected chi connectivity index (χ3v) is 4.09. The molecule has 2 rings (SSSR count). The summed E-state index contributed by atoms with van der Waals surface area (Å²) in [6.45, 7) is 1.92. The van der Waals surface area contributed by atoms with Gasteiger partial charge in [0, 0.05) is 19.2 Å². The van der Waals surface area contributed by atoms with E-state index in [4.69, 9.17) is 0 Å². The summed E-state index contributed by atoms with van der Waals surface area (Å²) in [5, 5.41) is 2.81. The minimum absolute atomic E-state index is 0.0747. The molecule has 0 saturated heterocycles. The number of nitrogens with one attached hydrogen (secondary N) is 1. The highest BCUT2D eigenvalue weighted by Crippen LogP contribution is 2.15. The van der Waals surface area contributed by atoms with E-state index in [0.717, 1.165) is 29.8 Å². The Morgan fingerprint density at radius 3 is 2.50 bits per heavy atom. The van der Waals surface area contributed by atoms with Crippen LogP contribution in [-0.4, -0.2) is 30.3 Å². The van der Waals surface area contributed by atoms with Crippen molar-refractivity contribution in [2.75, 3.05) is 18.9 Å². The molecule has 1 N–H and O–H groups in total. The zero-order valence-corrected chi connectivity index (χ0v) is 14.9. The molecule has 0 fully saturated rings. The molecule has 2 aromatic carbocycles. The Labute approximate surface area is 151 Å². The van der Waals surface area contributed by atoms with Gasteiger partial charge in [-0.1, -0.05) is 31.2 Å². The van der Waals surface area contributed by atoms with Crippen LogP contribution >= 0.6 is 0 Å². The average Bonchev–Trinajstić information content (AvgIpc) is 2.62. The van der Waals surface area contributed by atoms with Gasteiger partial charge in [0.1, 0.15) is 0 Å². The second kappa shape index (κ2) is 9.08. The van der Waals surface area contributed by atoms with Gasteiger partial charge in [0.2, 0.25) is 11.8 Å². The third kappa shape index (κ3) is 5.37. The molecule has 0 aliphatic carbocycles. The van der Waals surface area contributed by atoms with Gasteiger partial charge in [-0.05, 0) is 42.2 Å². The van der Waals surface area contributed by atoms with Crippen molar-refractivity contribution in [3.8, 4) is 0 Å². The second-order valence-electron chi connectivity index (χ2n) is 6.06. The molecule has 2 amide bonds. The zero-order chi connectivity index (χ0) is 19.1. The monoisotopic (exact) mass is 360 g/mol. The van der Waals surface area contributed by atoms with E-state index in [1.165, 1.54) is 11.0 Å². The standard InChI is InChI=1S/C20H22F2N2O2/c1-3-15-6-4-5-7-18(15)23-19(25)13-24(2)20(26)11-9-14-8-10-16(21)17(22)12-14/h4-8,10,12H,3,9,11,13H2,1-2H3,(H,23,25). The largest absolute Gasteiger partial charge is 0.336 e. The van der Waals surface area contributed by atoms with Gasteiger partial charge in [-0.25, -0.2) is 8.78 Å². The van der Waals surface area contributed by atoms with Gasteiger partial charge in [-0.3, -0.25) is 9.59 Å².